The van der Waals surface area contributed by atoms with Crippen LogP contribution in [0.1, 0.15) is 46.1 Å². The van der Waals surface area contributed by atoms with Gasteiger partial charge < -0.3 is 4.90 Å². The van der Waals surface area contributed by atoms with Crippen LogP contribution >= 0.6 is 23.4 Å². The molecule has 7 heteroatoms. The molecule has 0 bridgehead atoms. The van der Waals surface area contributed by atoms with E-state index in [9.17, 15) is 9.59 Å². The molecular formula is C19H24ClN3O2S. The molecule has 2 aromatic rings. The van der Waals surface area contributed by atoms with E-state index >= 15 is 0 Å². The molecular weight excluding hydrogens is 370 g/mol. The molecule has 0 aliphatic carbocycles. The monoisotopic (exact) mass is 393 g/mol. The minimum Gasteiger partial charge on any atom is -0.342 e. The lowest BCUT2D eigenvalue weighted by molar-refractivity contribution is -0.131. The second-order valence-corrected chi connectivity index (χ2v) is 8.72. The van der Waals surface area contributed by atoms with E-state index in [0.717, 1.165) is 25.9 Å². The summed E-state index contributed by atoms with van der Waals surface area (Å²) < 4.78 is 1.67. The summed E-state index contributed by atoms with van der Waals surface area (Å²) in [6.07, 6.45) is 3.31. The van der Waals surface area contributed by atoms with E-state index in [4.69, 9.17) is 11.6 Å². The SMILES string of the molecule is CC(C)n1c(S[C@H](C)C(=O)N2CCCCC2)nc2cc(Cl)ccc2c1=O. The van der Waals surface area contributed by atoms with Crippen molar-refractivity contribution in [3.05, 3.63) is 33.6 Å². The third kappa shape index (κ3) is 3.91. The second kappa shape index (κ2) is 8.01. The normalized spacial score (nSPS) is 16.3. The van der Waals surface area contributed by atoms with Gasteiger partial charge in [-0.15, -0.1) is 0 Å². The van der Waals surface area contributed by atoms with Crippen LogP contribution in [0.15, 0.2) is 28.2 Å². The van der Waals surface area contributed by atoms with Crippen LogP contribution in [0.4, 0.5) is 0 Å². The lowest BCUT2D eigenvalue weighted by atomic mass is 10.1. The molecule has 0 radical (unpaired) electrons. The predicted octanol–water partition coefficient (Wildman–Crippen LogP) is 4.12. The Labute approximate surface area is 162 Å². The minimum absolute atomic E-state index is 0.0464. The average molecular weight is 394 g/mol. The number of carbonyl (C=O) groups excluding carboxylic acids is 1. The van der Waals surface area contributed by atoms with Gasteiger partial charge in [0.25, 0.3) is 5.56 Å². The highest BCUT2D eigenvalue weighted by Gasteiger charge is 2.25. The van der Waals surface area contributed by atoms with Crippen molar-refractivity contribution in [3.8, 4) is 0 Å². The number of amides is 1. The number of rotatable bonds is 4. The summed E-state index contributed by atoms with van der Waals surface area (Å²) in [5, 5.41) is 1.36. The average Bonchev–Trinajstić information content (AvgIpc) is 2.61. The van der Waals surface area contributed by atoms with E-state index in [0.29, 0.717) is 21.1 Å². The van der Waals surface area contributed by atoms with E-state index in [1.54, 1.807) is 22.8 Å². The van der Waals surface area contributed by atoms with Gasteiger partial charge in [-0.25, -0.2) is 4.98 Å². The highest BCUT2D eigenvalue weighted by Crippen LogP contribution is 2.27. The van der Waals surface area contributed by atoms with Gasteiger partial charge in [0.2, 0.25) is 5.91 Å². The van der Waals surface area contributed by atoms with Gasteiger partial charge in [0.05, 0.1) is 16.2 Å². The molecule has 0 spiro atoms. The molecule has 3 rings (SSSR count). The standard InChI is InChI=1S/C19H24ClN3O2S/c1-12(2)23-18(25)15-8-7-14(20)11-16(15)21-19(23)26-13(3)17(24)22-9-5-4-6-10-22/h7-8,11-13H,4-6,9-10H2,1-3H3/t13-/m1/s1. The molecule has 0 saturated carbocycles. The molecule has 1 fully saturated rings. The number of thioether (sulfide) groups is 1. The summed E-state index contributed by atoms with van der Waals surface area (Å²) in [4.78, 5) is 32.3. The van der Waals surface area contributed by atoms with Gasteiger partial charge in [-0.05, 0) is 58.2 Å². The third-order valence-electron chi connectivity index (χ3n) is 4.65. The lowest BCUT2D eigenvalue weighted by Gasteiger charge is -2.29. The highest BCUT2D eigenvalue weighted by atomic mass is 35.5. The Hall–Kier alpha value is -1.53. The number of aromatic nitrogens is 2. The van der Waals surface area contributed by atoms with Gasteiger partial charge in [-0.3, -0.25) is 14.2 Å². The van der Waals surface area contributed by atoms with Crippen molar-refractivity contribution >= 4 is 40.2 Å². The van der Waals surface area contributed by atoms with Crippen LogP contribution in [0.2, 0.25) is 5.02 Å². The Kier molecular flexibility index (Phi) is 5.92. The predicted molar refractivity (Wildman–Crippen MR) is 107 cm³/mol. The van der Waals surface area contributed by atoms with Gasteiger partial charge in [0.1, 0.15) is 0 Å². The van der Waals surface area contributed by atoms with Crippen LogP contribution in [0.3, 0.4) is 0 Å². The number of nitrogens with zero attached hydrogens (tertiary/aromatic N) is 3. The number of carbonyl (C=O) groups is 1. The molecule has 0 N–H and O–H groups in total. The topological polar surface area (TPSA) is 55.2 Å². The van der Waals surface area contributed by atoms with E-state index in [-0.39, 0.29) is 22.8 Å². The largest absolute Gasteiger partial charge is 0.342 e. The Morgan fingerprint density at radius 2 is 1.88 bits per heavy atom. The Balaban J connectivity index is 1.96. The van der Waals surface area contributed by atoms with Crippen LogP contribution in [0, 0.1) is 0 Å². The number of hydrogen-bond acceptors (Lipinski definition) is 4. The van der Waals surface area contributed by atoms with Crippen molar-refractivity contribution in [2.75, 3.05) is 13.1 Å². The Morgan fingerprint density at radius 1 is 1.19 bits per heavy atom. The summed E-state index contributed by atoms with van der Waals surface area (Å²) in [6, 6.07) is 5.06. The fourth-order valence-corrected chi connectivity index (χ4v) is 4.56. The molecule has 26 heavy (non-hydrogen) atoms. The van der Waals surface area contributed by atoms with E-state index in [2.05, 4.69) is 4.98 Å². The summed E-state index contributed by atoms with van der Waals surface area (Å²) in [5.41, 5.74) is 0.473. The number of piperidine rings is 1. The van der Waals surface area contributed by atoms with Crippen LogP contribution < -0.4 is 5.56 Å². The first-order valence-corrected chi connectivity index (χ1v) is 10.3. The first-order valence-electron chi connectivity index (χ1n) is 9.05. The van der Waals surface area contributed by atoms with E-state index < -0.39 is 0 Å². The van der Waals surface area contributed by atoms with Crippen molar-refractivity contribution in [2.45, 2.75) is 56.5 Å². The number of benzene rings is 1. The summed E-state index contributed by atoms with van der Waals surface area (Å²) in [7, 11) is 0. The summed E-state index contributed by atoms with van der Waals surface area (Å²) in [5.74, 6) is 0.116. The summed E-state index contributed by atoms with van der Waals surface area (Å²) in [6.45, 7) is 7.43. The number of halogens is 1. The molecule has 0 unspecified atom stereocenters. The quantitative estimate of drug-likeness (QED) is 0.579. The summed E-state index contributed by atoms with van der Waals surface area (Å²) >= 11 is 7.42. The van der Waals surface area contributed by atoms with Gasteiger partial charge in [0.15, 0.2) is 5.16 Å². The van der Waals surface area contributed by atoms with Gasteiger partial charge >= 0.3 is 0 Å². The zero-order valence-electron chi connectivity index (χ0n) is 15.4. The van der Waals surface area contributed by atoms with Gasteiger partial charge in [0, 0.05) is 24.2 Å². The van der Waals surface area contributed by atoms with E-state index in [1.165, 1.54) is 18.2 Å². The first-order chi connectivity index (χ1) is 12.4. The third-order valence-corrected chi connectivity index (χ3v) is 5.93. The highest BCUT2D eigenvalue weighted by molar-refractivity contribution is 8.00. The van der Waals surface area contributed by atoms with Crippen LogP contribution in [-0.2, 0) is 4.79 Å². The van der Waals surface area contributed by atoms with Gasteiger partial charge in [-0.1, -0.05) is 23.4 Å². The number of fused-ring (bicyclic) bond motifs is 1. The lowest BCUT2D eigenvalue weighted by Crippen LogP contribution is -2.40. The fourth-order valence-electron chi connectivity index (χ4n) is 3.27. The molecule has 1 aromatic carbocycles. The fraction of sp³-hybridized carbons (Fsp3) is 0.526. The van der Waals surface area contributed by atoms with Crippen LogP contribution in [-0.4, -0.2) is 38.7 Å². The molecule has 1 aliphatic rings. The van der Waals surface area contributed by atoms with E-state index in [1.807, 2.05) is 25.7 Å². The van der Waals surface area contributed by atoms with Crippen LogP contribution in [0.25, 0.3) is 10.9 Å². The maximum absolute atomic E-state index is 12.9. The van der Waals surface area contributed by atoms with Crippen molar-refractivity contribution < 1.29 is 4.79 Å². The minimum atomic E-state index is -0.290. The Morgan fingerprint density at radius 3 is 2.54 bits per heavy atom. The molecule has 1 aliphatic heterocycles. The zero-order chi connectivity index (χ0) is 18.8. The maximum Gasteiger partial charge on any atom is 0.262 e. The van der Waals surface area contributed by atoms with Gasteiger partial charge in [-0.2, -0.15) is 0 Å². The van der Waals surface area contributed by atoms with Crippen molar-refractivity contribution in [1.29, 1.82) is 0 Å². The van der Waals surface area contributed by atoms with Crippen molar-refractivity contribution in [2.24, 2.45) is 0 Å². The molecule has 1 atom stereocenters. The van der Waals surface area contributed by atoms with Crippen molar-refractivity contribution in [3.63, 3.8) is 0 Å². The zero-order valence-corrected chi connectivity index (χ0v) is 16.9. The number of likely N-dealkylation sites (tertiary alicyclic amines) is 1. The molecule has 140 valence electrons. The van der Waals surface area contributed by atoms with Crippen molar-refractivity contribution in [1.82, 2.24) is 14.5 Å². The Bertz CT molecular complexity index is 875. The van der Waals surface area contributed by atoms with Crippen LogP contribution in [0.5, 0.6) is 0 Å². The molecule has 2 heterocycles. The molecule has 1 aromatic heterocycles. The molecule has 1 amide bonds. The second-order valence-electron chi connectivity index (χ2n) is 6.97. The molecule has 5 nitrogen and oxygen atoms in total. The smallest absolute Gasteiger partial charge is 0.262 e. The molecule has 1 saturated heterocycles. The maximum atomic E-state index is 12.9. The first kappa shape index (κ1) is 19.2. The number of hydrogen-bond donors (Lipinski definition) is 0.